The van der Waals surface area contributed by atoms with Crippen LogP contribution in [0.5, 0.6) is 0 Å². The summed E-state index contributed by atoms with van der Waals surface area (Å²) in [6.07, 6.45) is 2.55. The molecule has 0 spiro atoms. The third-order valence-corrected chi connectivity index (χ3v) is 1.16. The van der Waals surface area contributed by atoms with Crippen LogP contribution in [0.4, 0.5) is 0 Å². The Morgan fingerprint density at radius 3 is 2.75 bits per heavy atom. The van der Waals surface area contributed by atoms with E-state index in [1.54, 1.807) is 0 Å². The molecule has 0 heterocycles. The van der Waals surface area contributed by atoms with Crippen molar-refractivity contribution in [3.8, 4) is 0 Å². The monoisotopic (exact) mass is 115 g/mol. The fourth-order valence-electron chi connectivity index (χ4n) is 0.567. The Labute approximate surface area is 50.1 Å². The highest BCUT2D eigenvalue weighted by atomic mass is 16.1. The molecule has 0 saturated carbocycles. The number of nitrogens with two attached hydrogens (primary N) is 1. The van der Waals surface area contributed by atoms with Gasteiger partial charge in [-0.25, -0.2) is 0 Å². The van der Waals surface area contributed by atoms with Gasteiger partial charge in [0.1, 0.15) is 6.29 Å². The lowest BCUT2D eigenvalue weighted by atomic mass is 10.1. The van der Waals surface area contributed by atoms with E-state index in [4.69, 9.17) is 5.73 Å². The average Bonchev–Trinajstić information content (AvgIpc) is 1.68. The second-order valence-electron chi connectivity index (χ2n) is 2.08. The van der Waals surface area contributed by atoms with Gasteiger partial charge in [0, 0.05) is 6.42 Å². The van der Waals surface area contributed by atoms with Crippen LogP contribution in [0.2, 0.25) is 0 Å². The molecule has 0 fully saturated rings. The van der Waals surface area contributed by atoms with E-state index in [-0.39, 0.29) is 0 Å². The van der Waals surface area contributed by atoms with Gasteiger partial charge in [0.2, 0.25) is 0 Å². The molecule has 0 rings (SSSR count). The summed E-state index contributed by atoms with van der Waals surface area (Å²) in [6, 6.07) is 0. The van der Waals surface area contributed by atoms with E-state index in [0.717, 1.165) is 12.7 Å². The lowest BCUT2D eigenvalue weighted by Gasteiger charge is -2.01. The molecule has 0 saturated heterocycles. The van der Waals surface area contributed by atoms with E-state index < -0.39 is 0 Å². The van der Waals surface area contributed by atoms with Crippen LogP contribution in [0.15, 0.2) is 0 Å². The Hall–Kier alpha value is -0.370. The Balaban J connectivity index is 3.03. The summed E-state index contributed by atoms with van der Waals surface area (Å²) in [5, 5.41) is 0. The molecule has 0 radical (unpaired) electrons. The SMILES string of the molecule is CC(CC=O)CCN. The minimum atomic E-state index is 0.470. The molecule has 1 atom stereocenters. The first kappa shape index (κ1) is 7.63. The Morgan fingerprint density at radius 1 is 1.75 bits per heavy atom. The fourth-order valence-corrected chi connectivity index (χ4v) is 0.567. The Kier molecular flexibility index (Phi) is 4.56. The van der Waals surface area contributed by atoms with Crippen molar-refractivity contribution in [1.82, 2.24) is 0 Å². The zero-order valence-corrected chi connectivity index (χ0v) is 5.26. The van der Waals surface area contributed by atoms with Gasteiger partial charge in [-0.05, 0) is 18.9 Å². The second kappa shape index (κ2) is 4.78. The van der Waals surface area contributed by atoms with E-state index in [9.17, 15) is 4.79 Å². The maximum Gasteiger partial charge on any atom is 0.120 e. The van der Waals surface area contributed by atoms with Gasteiger partial charge in [-0.3, -0.25) is 0 Å². The number of rotatable bonds is 4. The van der Waals surface area contributed by atoms with Crippen LogP contribution in [0.25, 0.3) is 0 Å². The molecule has 0 aromatic carbocycles. The smallest absolute Gasteiger partial charge is 0.120 e. The molecule has 0 amide bonds. The van der Waals surface area contributed by atoms with Crippen LogP contribution < -0.4 is 5.73 Å². The summed E-state index contributed by atoms with van der Waals surface area (Å²) in [6.45, 7) is 2.72. The van der Waals surface area contributed by atoms with Crippen molar-refractivity contribution < 1.29 is 4.79 Å². The summed E-state index contributed by atoms with van der Waals surface area (Å²) in [5.41, 5.74) is 5.24. The first-order valence-corrected chi connectivity index (χ1v) is 2.95. The Morgan fingerprint density at radius 2 is 2.38 bits per heavy atom. The minimum absolute atomic E-state index is 0.470. The molecule has 0 bridgehead atoms. The van der Waals surface area contributed by atoms with E-state index in [2.05, 4.69) is 0 Å². The van der Waals surface area contributed by atoms with Gasteiger partial charge in [0.05, 0.1) is 0 Å². The molecule has 2 heteroatoms. The minimum Gasteiger partial charge on any atom is -0.330 e. The van der Waals surface area contributed by atoms with Crippen LogP contribution in [0.1, 0.15) is 19.8 Å². The second-order valence-corrected chi connectivity index (χ2v) is 2.08. The van der Waals surface area contributed by atoms with E-state index in [1.165, 1.54) is 0 Å². The number of hydrogen-bond donors (Lipinski definition) is 1. The van der Waals surface area contributed by atoms with Gasteiger partial charge in [-0.1, -0.05) is 6.92 Å². The van der Waals surface area contributed by atoms with Crippen molar-refractivity contribution in [1.29, 1.82) is 0 Å². The van der Waals surface area contributed by atoms with Crippen LogP contribution >= 0.6 is 0 Å². The molecule has 0 aromatic heterocycles. The van der Waals surface area contributed by atoms with E-state index >= 15 is 0 Å². The van der Waals surface area contributed by atoms with Crippen LogP contribution in [-0.4, -0.2) is 12.8 Å². The third-order valence-electron chi connectivity index (χ3n) is 1.16. The molecule has 2 nitrogen and oxygen atoms in total. The molecule has 0 aliphatic heterocycles. The van der Waals surface area contributed by atoms with E-state index in [1.807, 2.05) is 6.92 Å². The molecule has 48 valence electrons. The van der Waals surface area contributed by atoms with Crippen molar-refractivity contribution in [3.05, 3.63) is 0 Å². The standard InChI is InChI=1S/C6H13NO/c1-6(2-4-7)3-5-8/h5-6H,2-4,7H2,1H3. The maximum absolute atomic E-state index is 9.85. The molecule has 0 aromatic rings. The van der Waals surface area contributed by atoms with Gasteiger partial charge in [-0.15, -0.1) is 0 Å². The van der Waals surface area contributed by atoms with Gasteiger partial charge >= 0.3 is 0 Å². The fraction of sp³-hybridized carbons (Fsp3) is 0.833. The van der Waals surface area contributed by atoms with Crippen LogP contribution in [-0.2, 0) is 4.79 Å². The van der Waals surface area contributed by atoms with Crippen molar-refractivity contribution >= 4 is 6.29 Å². The van der Waals surface area contributed by atoms with Gasteiger partial charge in [0.25, 0.3) is 0 Å². The zero-order chi connectivity index (χ0) is 6.41. The first-order valence-electron chi connectivity index (χ1n) is 2.95. The predicted molar refractivity (Wildman–Crippen MR) is 33.5 cm³/mol. The average molecular weight is 115 g/mol. The first-order chi connectivity index (χ1) is 3.81. The van der Waals surface area contributed by atoms with Gasteiger partial charge < -0.3 is 10.5 Å². The highest BCUT2D eigenvalue weighted by Gasteiger charge is 1.96. The van der Waals surface area contributed by atoms with Crippen molar-refractivity contribution in [2.75, 3.05) is 6.54 Å². The molecule has 0 aliphatic carbocycles. The van der Waals surface area contributed by atoms with Crippen molar-refractivity contribution in [3.63, 3.8) is 0 Å². The summed E-state index contributed by atoms with van der Waals surface area (Å²) in [7, 11) is 0. The quantitative estimate of drug-likeness (QED) is 0.544. The lowest BCUT2D eigenvalue weighted by Crippen LogP contribution is -2.05. The zero-order valence-electron chi connectivity index (χ0n) is 5.26. The number of carbonyl (C=O) groups excluding carboxylic acids is 1. The predicted octanol–water partition coefficient (Wildman–Crippen LogP) is 0.560. The number of carbonyl (C=O) groups is 1. The summed E-state index contributed by atoms with van der Waals surface area (Å²) in [5.74, 6) is 0.470. The summed E-state index contributed by atoms with van der Waals surface area (Å²) >= 11 is 0. The molecule has 0 aliphatic rings. The topological polar surface area (TPSA) is 43.1 Å². The number of hydrogen-bond acceptors (Lipinski definition) is 2. The highest BCUT2D eigenvalue weighted by molar-refractivity contribution is 5.49. The molecule has 2 N–H and O–H groups in total. The van der Waals surface area contributed by atoms with Crippen molar-refractivity contribution in [2.24, 2.45) is 11.7 Å². The van der Waals surface area contributed by atoms with Gasteiger partial charge in [-0.2, -0.15) is 0 Å². The van der Waals surface area contributed by atoms with Crippen molar-refractivity contribution in [2.45, 2.75) is 19.8 Å². The van der Waals surface area contributed by atoms with E-state index in [0.29, 0.717) is 18.9 Å². The molecular weight excluding hydrogens is 102 g/mol. The molecule has 8 heavy (non-hydrogen) atoms. The maximum atomic E-state index is 9.85. The largest absolute Gasteiger partial charge is 0.330 e. The van der Waals surface area contributed by atoms with Gasteiger partial charge in [0.15, 0.2) is 0 Å². The third kappa shape index (κ3) is 3.81. The molecular formula is C6H13NO. The summed E-state index contributed by atoms with van der Waals surface area (Å²) in [4.78, 5) is 9.85. The normalized spacial score (nSPS) is 13.2. The highest BCUT2D eigenvalue weighted by Crippen LogP contribution is 2.01. The van der Waals surface area contributed by atoms with Crippen LogP contribution in [0, 0.1) is 5.92 Å². The Bertz CT molecular complexity index is 63.5. The van der Waals surface area contributed by atoms with Crippen LogP contribution in [0.3, 0.4) is 0 Å². The molecule has 1 unspecified atom stereocenters. The summed E-state index contributed by atoms with van der Waals surface area (Å²) < 4.78 is 0. The number of aldehydes is 1. The lowest BCUT2D eigenvalue weighted by molar-refractivity contribution is -0.108.